The Bertz CT molecular complexity index is 635. The molecular formula is C13H13ClN4O3. The van der Waals surface area contributed by atoms with Crippen molar-refractivity contribution in [2.24, 2.45) is 0 Å². The third-order valence-corrected chi connectivity index (χ3v) is 2.65. The fraction of sp³-hybridized carbons (Fsp3) is 0.231. The fourth-order valence-electron chi connectivity index (χ4n) is 1.33. The predicted octanol–water partition coefficient (Wildman–Crippen LogP) is 2.59. The maximum Gasteiger partial charge on any atom is 0.289 e. The summed E-state index contributed by atoms with van der Waals surface area (Å²) >= 11 is 5.67. The van der Waals surface area contributed by atoms with Crippen LogP contribution >= 0.6 is 11.6 Å². The van der Waals surface area contributed by atoms with E-state index in [1.54, 1.807) is 6.07 Å². The van der Waals surface area contributed by atoms with Gasteiger partial charge in [0.25, 0.3) is 11.6 Å². The summed E-state index contributed by atoms with van der Waals surface area (Å²) in [6.07, 6.45) is 1.30. The first-order chi connectivity index (χ1) is 9.85. The lowest BCUT2D eigenvalue weighted by atomic mass is 10.2. The molecule has 21 heavy (non-hydrogen) atoms. The Hall–Kier alpha value is -2.59. The lowest BCUT2D eigenvalue weighted by Gasteiger charge is -2.07. The first kappa shape index (κ1) is 16.5. The van der Waals surface area contributed by atoms with Gasteiger partial charge in [-0.2, -0.15) is 5.26 Å². The summed E-state index contributed by atoms with van der Waals surface area (Å²) in [5.74, 6) is -0.665. The number of amides is 1. The molecule has 0 saturated carbocycles. The largest absolute Gasteiger partial charge is 0.387 e. The lowest BCUT2D eigenvalue weighted by molar-refractivity contribution is -0.384. The Kier molecular flexibility index (Phi) is 5.69. The van der Waals surface area contributed by atoms with Crippen molar-refractivity contribution in [1.29, 1.82) is 5.26 Å². The van der Waals surface area contributed by atoms with Crippen molar-refractivity contribution in [3.63, 3.8) is 0 Å². The molecule has 1 amide bonds. The number of nitro benzene ring substituents is 1. The summed E-state index contributed by atoms with van der Waals surface area (Å²) in [4.78, 5) is 22.0. The summed E-state index contributed by atoms with van der Waals surface area (Å²) in [5.41, 5.74) is -0.277. The Morgan fingerprint density at radius 3 is 2.71 bits per heavy atom. The average Bonchev–Trinajstić information content (AvgIpc) is 2.41. The molecule has 0 bridgehead atoms. The summed E-state index contributed by atoms with van der Waals surface area (Å²) in [7, 11) is 0. The van der Waals surface area contributed by atoms with Gasteiger partial charge in [0.2, 0.25) is 0 Å². The zero-order chi connectivity index (χ0) is 16.0. The molecule has 0 aromatic heterocycles. The van der Waals surface area contributed by atoms with E-state index in [1.165, 1.54) is 18.3 Å². The predicted molar refractivity (Wildman–Crippen MR) is 78.7 cm³/mol. The quantitative estimate of drug-likeness (QED) is 0.376. The van der Waals surface area contributed by atoms with E-state index in [4.69, 9.17) is 16.9 Å². The minimum atomic E-state index is -0.665. The number of halogens is 1. The highest BCUT2D eigenvalue weighted by atomic mass is 35.5. The molecular weight excluding hydrogens is 296 g/mol. The molecule has 0 aliphatic carbocycles. The number of rotatable bonds is 5. The molecule has 0 heterocycles. The van der Waals surface area contributed by atoms with E-state index in [1.807, 2.05) is 13.8 Å². The molecule has 7 nitrogen and oxygen atoms in total. The molecule has 110 valence electrons. The van der Waals surface area contributed by atoms with Gasteiger partial charge in [-0.25, -0.2) is 0 Å². The van der Waals surface area contributed by atoms with E-state index in [2.05, 4.69) is 10.6 Å². The maximum atomic E-state index is 11.9. The number of hydrogen-bond acceptors (Lipinski definition) is 5. The first-order valence-corrected chi connectivity index (χ1v) is 6.34. The first-order valence-electron chi connectivity index (χ1n) is 5.96. The molecule has 0 aliphatic rings. The third-order valence-electron chi connectivity index (χ3n) is 2.33. The molecule has 1 rings (SSSR count). The van der Waals surface area contributed by atoms with E-state index in [-0.39, 0.29) is 28.0 Å². The Labute approximate surface area is 126 Å². The molecule has 0 unspecified atom stereocenters. The zero-order valence-corrected chi connectivity index (χ0v) is 12.1. The van der Waals surface area contributed by atoms with Crippen LogP contribution in [0.2, 0.25) is 5.02 Å². The molecule has 0 fully saturated rings. The van der Waals surface area contributed by atoms with Crippen molar-refractivity contribution in [2.45, 2.75) is 19.9 Å². The van der Waals surface area contributed by atoms with Crippen LogP contribution in [-0.2, 0) is 4.79 Å². The van der Waals surface area contributed by atoms with Gasteiger partial charge in [-0.05, 0) is 26.0 Å². The van der Waals surface area contributed by atoms with Crippen LogP contribution in [0.3, 0.4) is 0 Å². The molecule has 2 N–H and O–H groups in total. The van der Waals surface area contributed by atoms with Crippen LogP contribution in [0.1, 0.15) is 13.8 Å². The van der Waals surface area contributed by atoms with Gasteiger partial charge in [0.1, 0.15) is 16.7 Å². The molecule has 0 atom stereocenters. The number of hydrogen-bond donors (Lipinski definition) is 2. The second kappa shape index (κ2) is 7.26. The molecule has 0 spiro atoms. The maximum absolute atomic E-state index is 11.9. The monoisotopic (exact) mass is 308 g/mol. The normalized spacial score (nSPS) is 10.9. The molecule has 0 radical (unpaired) electrons. The van der Waals surface area contributed by atoms with Crippen LogP contribution in [0.5, 0.6) is 0 Å². The van der Waals surface area contributed by atoms with Gasteiger partial charge in [0, 0.05) is 24.0 Å². The van der Waals surface area contributed by atoms with Crippen LogP contribution in [0.15, 0.2) is 30.0 Å². The topological polar surface area (TPSA) is 108 Å². The highest BCUT2D eigenvalue weighted by Crippen LogP contribution is 2.27. The highest BCUT2D eigenvalue weighted by Gasteiger charge is 2.15. The smallest absolute Gasteiger partial charge is 0.289 e. The van der Waals surface area contributed by atoms with Crippen LogP contribution in [0, 0.1) is 21.4 Å². The number of benzene rings is 1. The summed E-state index contributed by atoms with van der Waals surface area (Å²) < 4.78 is 0. The van der Waals surface area contributed by atoms with Crippen molar-refractivity contribution in [2.75, 3.05) is 5.32 Å². The molecule has 1 aromatic carbocycles. The van der Waals surface area contributed by atoms with Gasteiger partial charge in [-0.3, -0.25) is 14.9 Å². The minimum Gasteiger partial charge on any atom is -0.387 e. The van der Waals surface area contributed by atoms with E-state index in [9.17, 15) is 14.9 Å². The Morgan fingerprint density at radius 2 is 2.19 bits per heavy atom. The second-order valence-corrected chi connectivity index (χ2v) is 4.78. The van der Waals surface area contributed by atoms with Gasteiger partial charge >= 0.3 is 0 Å². The third kappa shape index (κ3) is 4.78. The average molecular weight is 309 g/mol. The van der Waals surface area contributed by atoms with E-state index in [0.717, 1.165) is 6.07 Å². The standard InChI is InChI=1S/C13H13ClN4O3/c1-8(2)16-7-9(6-15)13(19)17-10-3-4-11(14)12(5-10)18(20)21/h3-5,7-8,16H,1-2H3,(H,17,19)/b9-7-. The number of carbonyl (C=O) groups excluding carboxylic acids is 1. The molecule has 8 heteroatoms. The summed E-state index contributed by atoms with van der Waals surface area (Å²) in [6.45, 7) is 3.71. The number of nitrogens with zero attached hydrogens (tertiary/aromatic N) is 2. The fourth-order valence-corrected chi connectivity index (χ4v) is 1.51. The Balaban J connectivity index is 2.93. The Morgan fingerprint density at radius 1 is 1.52 bits per heavy atom. The lowest BCUT2D eigenvalue weighted by Crippen LogP contribution is -2.20. The number of anilines is 1. The van der Waals surface area contributed by atoms with Gasteiger partial charge in [-0.1, -0.05) is 11.6 Å². The molecule has 1 aromatic rings. The van der Waals surface area contributed by atoms with Crippen molar-refractivity contribution in [3.8, 4) is 6.07 Å². The van der Waals surface area contributed by atoms with Crippen LogP contribution in [-0.4, -0.2) is 16.9 Å². The van der Waals surface area contributed by atoms with E-state index >= 15 is 0 Å². The van der Waals surface area contributed by atoms with Gasteiger partial charge in [0.05, 0.1) is 4.92 Å². The van der Waals surface area contributed by atoms with E-state index < -0.39 is 10.8 Å². The van der Waals surface area contributed by atoms with Crippen LogP contribution in [0.4, 0.5) is 11.4 Å². The number of nitro groups is 1. The van der Waals surface area contributed by atoms with Gasteiger partial charge in [0.15, 0.2) is 0 Å². The molecule has 0 aliphatic heterocycles. The highest BCUT2D eigenvalue weighted by molar-refractivity contribution is 6.32. The van der Waals surface area contributed by atoms with Gasteiger partial charge < -0.3 is 10.6 Å². The van der Waals surface area contributed by atoms with Crippen LogP contribution < -0.4 is 10.6 Å². The minimum absolute atomic E-state index is 0.0319. The van der Waals surface area contributed by atoms with Crippen molar-refractivity contribution >= 4 is 28.9 Å². The zero-order valence-electron chi connectivity index (χ0n) is 11.4. The van der Waals surface area contributed by atoms with Gasteiger partial charge in [-0.15, -0.1) is 0 Å². The van der Waals surface area contributed by atoms with E-state index in [0.29, 0.717) is 0 Å². The van der Waals surface area contributed by atoms with Crippen molar-refractivity contribution in [1.82, 2.24) is 5.32 Å². The van der Waals surface area contributed by atoms with Crippen LogP contribution in [0.25, 0.3) is 0 Å². The number of carbonyl (C=O) groups is 1. The second-order valence-electron chi connectivity index (χ2n) is 4.37. The number of nitriles is 1. The van der Waals surface area contributed by atoms with Crippen molar-refractivity contribution in [3.05, 3.63) is 45.1 Å². The molecule has 0 saturated heterocycles. The van der Waals surface area contributed by atoms with Crippen molar-refractivity contribution < 1.29 is 9.72 Å². The summed E-state index contributed by atoms with van der Waals surface area (Å²) in [6, 6.07) is 5.67. The summed E-state index contributed by atoms with van der Waals surface area (Å²) in [5, 5.41) is 24.9. The number of nitrogens with one attached hydrogen (secondary N) is 2. The SMILES string of the molecule is CC(C)N/C=C(/C#N)C(=O)Nc1ccc(Cl)c([N+](=O)[O-])c1.